The Labute approximate surface area is 107 Å². The second kappa shape index (κ2) is 6.21. The lowest BCUT2D eigenvalue weighted by Gasteiger charge is -2.18. The van der Waals surface area contributed by atoms with Crippen LogP contribution in [0.4, 0.5) is 0 Å². The zero-order chi connectivity index (χ0) is 12.8. The minimum Gasteiger partial charge on any atom is -0.508 e. The lowest BCUT2D eigenvalue weighted by atomic mass is 10.0. The molecule has 0 bridgehead atoms. The first-order chi connectivity index (χ1) is 8.81. The highest BCUT2D eigenvalue weighted by molar-refractivity contribution is 5.34. The topological polar surface area (TPSA) is 60.9 Å². The lowest BCUT2D eigenvalue weighted by Crippen LogP contribution is -2.23. The van der Waals surface area contributed by atoms with E-state index in [1.165, 1.54) is 0 Å². The summed E-state index contributed by atoms with van der Waals surface area (Å²) in [6.07, 6.45) is 5.38. The molecule has 1 atom stereocenters. The molecule has 1 unspecified atom stereocenters. The summed E-state index contributed by atoms with van der Waals surface area (Å²) in [5.41, 5.74) is 2.08. The first kappa shape index (κ1) is 12.6. The zero-order valence-electron chi connectivity index (χ0n) is 10.6. The lowest BCUT2D eigenvalue weighted by molar-refractivity contribution is 0.442. The zero-order valence-corrected chi connectivity index (χ0v) is 10.6. The number of imidazole rings is 1. The fourth-order valence-corrected chi connectivity index (χ4v) is 2.06. The fourth-order valence-electron chi connectivity index (χ4n) is 2.06. The van der Waals surface area contributed by atoms with Crippen LogP contribution in [0.25, 0.3) is 0 Å². The van der Waals surface area contributed by atoms with Crippen LogP contribution in [0.15, 0.2) is 36.8 Å². The van der Waals surface area contributed by atoms with E-state index in [9.17, 15) is 5.11 Å². The molecule has 0 radical (unpaired) electrons. The normalized spacial score (nSPS) is 12.5. The largest absolute Gasteiger partial charge is 0.508 e. The van der Waals surface area contributed by atoms with Crippen molar-refractivity contribution in [3.63, 3.8) is 0 Å². The number of phenolic OH excluding ortho intramolecular Hbond substituents is 1. The molecular weight excluding hydrogens is 226 g/mol. The molecule has 0 aliphatic rings. The van der Waals surface area contributed by atoms with Crippen molar-refractivity contribution in [2.45, 2.75) is 25.8 Å². The third-order valence-electron chi connectivity index (χ3n) is 3.06. The fraction of sp³-hybridized carbons (Fsp3) is 0.357. The van der Waals surface area contributed by atoms with Crippen molar-refractivity contribution in [3.05, 3.63) is 48.0 Å². The summed E-state index contributed by atoms with van der Waals surface area (Å²) in [7, 11) is 0. The Hall–Kier alpha value is -1.81. The second-order valence-corrected chi connectivity index (χ2v) is 4.30. The van der Waals surface area contributed by atoms with Gasteiger partial charge in [-0.1, -0.05) is 25.1 Å². The predicted octanol–water partition coefficient (Wildman–Crippen LogP) is 2.40. The molecule has 0 spiro atoms. The van der Waals surface area contributed by atoms with Crippen LogP contribution in [0, 0.1) is 0 Å². The van der Waals surface area contributed by atoms with Gasteiger partial charge in [-0.05, 0) is 12.5 Å². The number of aromatic hydroxyl groups is 1. The molecule has 3 N–H and O–H groups in total. The number of H-pyrrole nitrogens is 1. The third-order valence-corrected chi connectivity index (χ3v) is 3.06. The number of phenols is 1. The Morgan fingerprint density at radius 3 is 2.89 bits per heavy atom. The van der Waals surface area contributed by atoms with E-state index >= 15 is 0 Å². The summed E-state index contributed by atoms with van der Waals surface area (Å²) in [4.78, 5) is 7.07. The Morgan fingerprint density at radius 1 is 1.39 bits per heavy atom. The van der Waals surface area contributed by atoms with Crippen LogP contribution in [0.2, 0.25) is 0 Å². The summed E-state index contributed by atoms with van der Waals surface area (Å²) in [6, 6.07) is 7.68. The van der Waals surface area contributed by atoms with Crippen molar-refractivity contribution in [1.82, 2.24) is 15.3 Å². The van der Waals surface area contributed by atoms with E-state index in [2.05, 4.69) is 22.2 Å². The molecular formula is C14H19N3O. The number of aromatic amines is 1. The molecule has 1 heterocycles. The van der Waals surface area contributed by atoms with E-state index in [0.717, 1.165) is 30.6 Å². The molecule has 2 rings (SSSR count). The second-order valence-electron chi connectivity index (χ2n) is 4.30. The van der Waals surface area contributed by atoms with Crippen molar-refractivity contribution >= 4 is 0 Å². The molecule has 4 nitrogen and oxygen atoms in total. The van der Waals surface area contributed by atoms with Gasteiger partial charge in [0.15, 0.2) is 0 Å². The average Bonchev–Trinajstić information content (AvgIpc) is 2.89. The van der Waals surface area contributed by atoms with Crippen LogP contribution in [0.3, 0.4) is 0 Å². The third kappa shape index (κ3) is 3.11. The van der Waals surface area contributed by atoms with E-state index in [1.54, 1.807) is 12.4 Å². The average molecular weight is 245 g/mol. The molecule has 18 heavy (non-hydrogen) atoms. The molecule has 1 aromatic carbocycles. The van der Waals surface area contributed by atoms with E-state index < -0.39 is 0 Å². The van der Waals surface area contributed by atoms with Gasteiger partial charge in [0.05, 0.1) is 6.33 Å². The molecule has 0 aliphatic heterocycles. The van der Waals surface area contributed by atoms with Gasteiger partial charge in [0.1, 0.15) is 5.75 Å². The van der Waals surface area contributed by atoms with Crippen molar-refractivity contribution in [2.75, 3.05) is 6.54 Å². The van der Waals surface area contributed by atoms with Crippen molar-refractivity contribution in [1.29, 1.82) is 0 Å². The number of hydrogen-bond acceptors (Lipinski definition) is 3. The minimum absolute atomic E-state index is 0.189. The van der Waals surface area contributed by atoms with Crippen molar-refractivity contribution in [2.24, 2.45) is 0 Å². The number of aromatic nitrogens is 2. The molecule has 96 valence electrons. The van der Waals surface area contributed by atoms with Crippen molar-refractivity contribution in [3.8, 4) is 5.75 Å². The highest BCUT2D eigenvalue weighted by atomic mass is 16.3. The summed E-state index contributed by atoms with van der Waals surface area (Å²) in [5.74, 6) is 0.360. The smallest absolute Gasteiger partial charge is 0.120 e. The molecule has 1 aromatic heterocycles. The molecule has 0 amide bonds. The monoisotopic (exact) mass is 245 g/mol. The molecule has 0 aliphatic carbocycles. The quantitative estimate of drug-likeness (QED) is 0.732. The maximum absolute atomic E-state index is 9.84. The van der Waals surface area contributed by atoms with Gasteiger partial charge in [0.2, 0.25) is 0 Å². The standard InChI is InChI=1S/C14H19N3O/c1-2-13(12-5-3-4-6-14(12)18)16-8-7-11-9-15-10-17-11/h3-6,9-10,13,16,18H,2,7-8H2,1H3,(H,15,17). The molecule has 2 aromatic rings. The number of rotatable bonds is 6. The number of nitrogens with one attached hydrogen (secondary N) is 2. The van der Waals surface area contributed by atoms with Gasteiger partial charge in [-0.15, -0.1) is 0 Å². The van der Waals surface area contributed by atoms with Gasteiger partial charge >= 0.3 is 0 Å². The predicted molar refractivity (Wildman–Crippen MR) is 71.4 cm³/mol. The summed E-state index contributed by atoms with van der Waals surface area (Å²) in [5, 5.41) is 13.3. The van der Waals surface area contributed by atoms with Gasteiger partial charge in [-0.3, -0.25) is 0 Å². The van der Waals surface area contributed by atoms with Crippen LogP contribution in [0.1, 0.15) is 30.6 Å². The van der Waals surface area contributed by atoms with Gasteiger partial charge in [0.25, 0.3) is 0 Å². The van der Waals surface area contributed by atoms with Crippen LogP contribution < -0.4 is 5.32 Å². The number of para-hydroxylation sites is 1. The Morgan fingerprint density at radius 2 is 2.22 bits per heavy atom. The highest BCUT2D eigenvalue weighted by Crippen LogP contribution is 2.25. The van der Waals surface area contributed by atoms with Gasteiger partial charge in [-0.2, -0.15) is 0 Å². The maximum atomic E-state index is 9.84. The maximum Gasteiger partial charge on any atom is 0.120 e. The Kier molecular flexibility index (Phi) is 4.36. The summed E-state index contributed by atoms with van der Waals surface area (Å²) >= 11 is 0. The first-order valence-electron chi connectivity index (χ1n) is 6.29. The minimum atomic E-state index is 0.189. The van der Waals surface area contributed by atoms with E-state index in [0.29, 0.717) is 5.75 Å². The SMILES string of the molecule is CCC(NCCc1cnc[nH]1)c1ccccc1O. The Balaban J connectivity index is 1.91. The summed E-state index contributed by atoms with van der Waals surface area (Å²) < 4.78 is 0. The van der Waals surface area contributed by atoms with E-state index in [-0.39, 0.29) is 6.04 Å². The van der Waals surface area contributed by atoms with E-state index in [1.807, 2.05) is 24.4 Å². The molecule has 4 heteroatoms. The van der Waals surface area contributed by atoms with Crippen molar-refractivity contribution < 1.29 is 5.11 Å². The van der Waals surface area contributed by atoms with E-state index in [4.69, 9.17) is 0 Å². The highest BCUT2D eigenvalue weighted by Gasteiger charge is 2.11. The number of benzene rings is 1. The summed E-state index contributed by atoms with van der Waals surface area (Å²) in [6.45, 7) is 2.97. The van der Waals surface area contributed by atoms with Gasteiger partial charge < -0.3 is 15.4 Å². The van der Waals surface area contributed by atoms with Crippen LogP contribution in [-0.2, 0) is 6.42 Å². The molecule has 0 saturated carbocycles. The molecule has 0 fully saturated rings. The number of hydrogen-bond donors (Lipinski definition) is 3. The van der Waals surface area contributed by atoms with Gasteiger partial charge in [-0.25, -0.2) is 4.98 Å². The number of nitrogens with zero attached hydrogens (tertiary/aromatic N) is 1. The van der Waals surface area contributed by atoms with Crippen LogP contribution >= 0.6 is 0 Å². The molecule has 0 saturated heterocycles. The Bertz CT molecular complexity index is 468. The van der Waals surface area contributed by atoms with Crippen LogP contribution in [0.5, 0.6) is 5.75 Å². The first-order valence-corrected chi connectivity index (χ1v) is 6.29. The van der Waals surface area contributed by atoms with Crippen LogP contribution in [-0.4, -0.2) is 21.6 Å². The van der Waals surface area contributed by atoms with Gasteiger partial charge in [0, 0.05) is 36.5 Å².